The number of nitrogens with one attached hydrogen (secondary N) is 3. The van der Waals surface area contributed by atoms with E-state index in [1.807, 2.05) is 31.2 Å². The van der Waals surface area contributed by atoms with Crippen LogP contribution < -0.4 is 20.7 Å². The summed E-state index contributed by atoms with van der Waals surface area (Å²) in [6, 6.07) is 9.53. The molecule has 0 radical (unpaired) electrons. The van der Waals surface area contributed by atoms with E-state index in [1.54, 1.807) is 6.07 Å². The molecule has 0 bridgehead atoms. The number of amides is 1. The number of thiophene rings is 1. The molecule has 1 amide bonds. The Morgan fingerprint density at radius 3 is 2.84 bits per heavy atom. The second-order valence-electron chi connectivity index (χ2n) is 9.73. The van der Waals surface area contributed by atoms with Crippen LogP contribution >= 0.6 is 22.9 Å². The van der Waals surface area contributed by atoms with Gasteiger partial charge in [0.2, 0.25) is 11.8 Å². The maximum absolute atomic E-state index is 12.7. The predicted molar refractivity (Wildman–Crippen MR) is 152 cm³/mol. The molecular weight excluding hydrogens is 524 g/mol. The number of hydrogen-bond donors (Lipinski definition) is 3. The van der Waals surface area contributed by atoms with E-state index < -0.39 is 0 Å². The fraction of sp³-hybridized carbons (Fsp3) is 0.385. The third-order valence-electron chi connectivity index (χ3n) is 6.86. The van der Waals surface area contributed by atoms with Crippen molar-refractivity contribution in [3.05, 3.63) is 40.4 Å². The molecular formula is C26H29ClN8O2S. The molecule has 2 aliphatic heterocycles. The molecule has 3 N–H and O–H groups in total. The number of hydrogen-bond acceptors (Lipinski definition) is 10. The summed E-state index contributed by atoms with van der Waals surface area (Å²) < 4.78 is 6.93. The summed E-state index contributed by atoms with van der Waals surface area (Å²) in [5, 5.41) is 11.9. The number of anilines is 3. The van der Waals surface area contributed by atoms with Crippen molar-refractivity contribution in [2.24, 2.45) is 0 Å². The Morgan fingerprint density at radius 2 is 2.00 bits per heavy atom. The van der Waals surface area contributed by atoms with Crippen molar-refractivity contribution in [2.45, 2.75) is 13.0 Å². The van der Waals surface area contributed by atoms with Crippen LogP contribution in [-0.2, 0) is 0 Å². The van der Waals surface area contributed by atoms with E-state index in [2.05, 4.69) is 42.8 Å². The van der Waals surface area contributed by atoms with Crippen molar-refractivity contribution in [3.63, 3.8) is 0 Å². The fourth-order valence-electron chi connectivity index (χ4n) is 4.79. The molecule has 0 saturated carbocycles. The van der Waals surface area contributed by atoms with E-state index in [1.165, 1.54) is 11.3 Å². The summed E-state index contributed by atoms with van der Waals surface area (Å²) in [4.78, 5) is 31.7. The number of aromatic nitrogens is 3. The van der Waals surface area contributed by atoms with Gasteiger partial charge in [-0.2, -0.15) is 4.98 Å². The number of nitrogens with zero attached hydrogens (tertiary/aromatic N) is 5. The van der Waals surface area contributed by atoms with Crippen LogP contribution in [0.4, 0.5) is 17.5 Å². The molecule has 10 nitrogen and oxygen atoms in total. The van der Waals surface area contributed by atoms with E-state index in [4.69, 9.17) is 21.3 Å². The molecule has 198 valence electrons. The Bertz CT molecular complexity index is 1500. The normalized spacial score (nSPS) is 18.6. The van der Waals surface area contributed by atoms with Gasteiger partial charge in [-0.25, -0.2) is 9.97 Å². The van der Waals surface area contributed by atoms with Crippen LogP contribution in [0.5, 0.6) is 5.88 Å². The van der Waals surface area contributed by atoms with E-state index in [0.29, 0.717) is 40.8 Å². The van der Waals surface area contributed by atoms with Gasteiger partial charge in [0.15, 0.2) is 0 Å². The number of halogens is 1. The van der Waals surface area contributed by atoms with Crippen LogP contribution in [0.25, 0.3) is 21.0 Å². The molecule has 0 spiro atoms. The van der Waals surface area contributed by atoms with Gasteiger partial charge >= 0.3 is 0 Å². The third kappa shape index (κ3) is 5.19. The molecule has 0 unspecified atom stereocenters. The van der Waals surface area contributed by atoms with E-state index in [9.17, 15) is 4.79 Å². The summed E-state index contributed by atoms with van der Waals surface area (Å²) in [6.07, 6.45) is 0. The number of pyridine rings is 1. The number of benzene rings is 1. The molecule has 1 saturated heterocycles. The maximum atomic E-state index is 12.7. The molecule has 0 aliphatic carbocycles. The van der Waals surface area contributed by atoms with Crippen LogP contribution in [0.1, 0.15) is 16.6 Å². The minimum atomic E-state index is -0.0437. The van der Waals surface area contributed by atoms with Gasteiger partial charge in [0.05, 0.1) is 11.2 Å². The zero-order valence-corrected chi connectivity index (χ0v) is 22.8. The lowest BCUT2D eigenvalue weighted by molar-refractivity contribution is 0.0949. The summed E-state index contributed by atoms with van der Waals surface area (Å²) in [5.41, 5.74) is 1.67. The quantitative estimate of drug-likeness (QED) is 0.308. The van der Waals surface area contributed by atoms with Gasteiger partial charge < -0.3 is 25.6 Å². The second-order valence-corrected chi connectivity index (χ2v) is 11.2. The van der Waals surface area contributed by atoms with Gasteiger partial charge in [0, 0.05) is 66.8 Å². The van der Waals surface area contributed by atoms with Gasteiger partial charge in [0.1, 0.15) is 22.5 Å². The Morgan fingerprint density at radius 1 is 1.16 bits per heavy atom. The molecule has 3 aromatic heterocycles. The molecule has 1 fully saturated rings. The monoisotopic (exact) mass is 552 g/mol. The summed E-state index contributed by atoms with van der Waals surface area (Å²) in [5.74, 6) is 1.28. The van der Waals surface area contributed by atoms with E-state index in [-0.39, 0.29) is 11.9 Å². The number of rotatable bonds is 6. The highest BCUT2D eigenvalue weighted by Gasteiger charge is 2.24. The number of carbonyl (C=O) groups is 1. The Labute approximate surface area is 229 Å². The van der Waals surface area contributed by atoms with Gasteiger partial charge in [-0.1, -0.05) is 11.6 Å². The van der Waals surface area contributed by atoms with Crippen LogP contribution in [0.2, 0.25) is 5.15 Å². The van der Waals surface area contributed by atoms with Crippen molar-refractivity contribution in [3.8, 4) is 5.88 Å². The molecule has 1 atom stereocenters. The molecule has 12 heteroatoms. The first kappa shape index (κ1) is 25.1. The van der Waals surface area contributed by atoms with Gasteiger partial charge in [0.25, 0.3) is 5.91 Å². The second kappa shape index (κ2) is 10.5. The number of fused-ring (bicyclic) bond motifs is 5. The average Bonchev–Trinajstić information content (AvgIpc) is 3.21. The van der Waals surface area contributed by atoms with Crippen LogP contribution in [0.15, 0.2) is 30.3 Å². The third-order valence-corrected chi connectivity index (χ3v) is 8.20. The lowest BCUT2D eigenvalue weighted by Gasteiger charge is -2.32. The van der Waals surface area contributed by atoms with Crippen molar-refractivity contribution < 1.29 is 9.53 Å². The van der Waals surface area contributed by atoms with Crippen LogP contribution in [0.3, 0.4) is 0 Å². The number of likely N-dealkylation sites (N-methyl/N-ethyl adjacent to an activating group) is 1. The number of carbonyl (C=O) groups excluding carboxylic acids is 1. The summed E-state index contributed by atoms with van der Waals surface area (Å²) >= 11 is 7.76. The SMILES string of the molecule is C[C@H]1CNc2c(sc3ccc4nc(Nc5nc(Cl)cc(OCCN6CCN(C)CC6)n5)ccc4c23)C(=O)N1. The molecule has 2 aliphatic rings. The Balaban J connectivity index is 1.20. The molecule has 4 aromatic rings. The van der Waals surface area contributed by atoms with Crippen molar-refractivity contribution in [1.82, 2.24) is 30.1 Å². The highest BCUT2D eigenvalue weighted by atomic mass is 35.5. The largest absolute Gasteiger partial charge is 0.476 e. The lowest BCUT2D eigenvalue weighted by atomic mass is 10.1. The first-order valence-corrected chi connectivity index (χ1v) is 13.9. The van der Waals surface area contributed by atoms with Crippen molar-refractivity contribution in [2.75, 3.05) is 63.6 Å². The molecule has 5 heterocycles. The summed E-state index contributed by atoms with van der Waals surface area (Å²) in [6.45, 7) is 8.22. The van der Waals surface area contributed by atoms with Gasteiger partial charge in [-0.05, 0) is 38.2 Å². The fourth-order valence-corrected chi connectivity index (χ4v) is 6.06. The number of piperazine rings is 1. The zero-order valence-electron chi connectivity index (χ0n) is 21.3. The minimum Gasteiger partial charge on any atom is -0.476 e. The van der Waals surface area contributed by atoms with Crippen molar-refractivity contribution >= 4 is 67.3 Å². The van der Waals surface area contributed by atoms with Gasteiger partial charge in [-0.3, -0.25) is 9.69 Å². The first-order valence-electron chi connectivity index (χ1n) is 12.7. The zero-order chi connectivity index (χ0) is 26.2. The van der Waals surface area contributed by atoms with Crippen molar-refractivity contribution in [1.29, 1.82) is 0 Å². The molecule has 38 heavy (non-hydrogen) atoms. The predicted octanol–water partition coefficient (Wildman–Crippen LogP) is 3.81. The van der Waals surface area contributed by atoms with Crippen LogP contribution in [-0.4, -0.2) is 89.6 Å². The Kier molecular flexibility index (Phi) is 6.91. The highest BCUT2D eigenvalue weighted by Crippen LogP contribution is 2.41. The van der Waals surface area contributed by atoms with E-state index in [0.717, 1.165) is 59.4 Å². The summed E-state index contributed by atoms with van der Waals surface area (Å²) in [7, 11) is 2.14. The van der Waals surface area contributed by atoms with E-state index >= 15 is 0 Å². The first-order chi connectivity index (χ1) is 18.4. The average molecular weight is 553 g/mol. The molecule has 1 aromatic carbocycles. The maximum Gasteiger partial charge on any atom is 0.263 e. The lowest BCUT2D eigenvalue weighted by Crippen LogP contribution is -2.45. The number of ether oxygens (including phenoxy) is 1. The highest BCUT2D eigenvalue weighted by molar-refractivity contribution is 7.21. The minimum absolute atomic E-state index is 0.0437. The molecule has 6 rings (SSSR count). The smallest absolute Gasteiger partial charge is 0.263 e. The standard InChI is InChI=1S/C26H29ClN8O2S/c1-15-14-28-23-22-16-3-6-20(30-17(16)4-5-18(22)38-24(23)25(36)29-15)32-26-31-19(27)13-21(33-26)37-12-11-35-9-7-34(2)8-10-35/h3-6,13,15,28H,7-12,14H2,1-2H3,(H,29,36)(H,30,31,32,33)/t15-/m0/s1. The Hall–Kier alpha value is -3.25. The van der Waals surface area contributed by atoms with Crippen LogP contribution in [0, 0.1) is 0 Å². The van der Waals surface area contributed by atoms with Gasteiger partial charge in [-0.15, -0.1) is 11.3 Å². The topological polar surface area (TPSA) is 108 Å².